The molecule has 1 aromatic heterocycles. The quantitative estimate of drug-likeness (QED) is 0.733. The van der Waals surface area contributed by atoms with Crippen LogP contribution in [0.4, 0.5) is 17.1 Å². The number of nitrogens with one attached hydrogen (secondary N) is 1. The minimum atomic E-state index is -0.704. The van der Waals surface area contributed by atoms with Gasteiger partial charge in [-0.1, -0.05) is 12.1 Å². The number of rotatable bonds is 4. The molecular formula is C20H21BrN4O3. The predicted octanol–water partition coefficient (Wildman–Crippen LogP) is 2.67. The Morgan fingerprint density at radius 3 is 2.71 bits per heavy atom. The van der Waals surface area contributed by atoms with E-state index in [0.29, 0.717) is 31.9 Å². The highest BCUT2D eigenvalue weighted by Gasteiger charge is 2.38. The van der Waals surface area contributed by atoms with E-state index in [0.717, 1.165) is 28.9 Å². The van der Waals surface area contributed by atoms with Gasteiger partial charge >= 0.3 is 0 Å². The topological polar surface area (TPSA) is 74.8 Å². The molecule has 0 radical (unpaired) electrons. The molecule has 1 aromatic carbocycles. The third kappa shape index (κ3) is 3.74. The number of hydrogen-bond acceptors (Lipinski definition) is 5. The summed E-state index contributed by atoms with van der Waals surface area (Å²) in [6, 6.07) is 9.42. The monoisotopic (exact) mass is 444 g/mol. The molecule has 2 aromatic rings. The minimum Gasteiger partial charge on any atom is -0.378 e. The Morgan fingerprint density at radius 1 is 1.14 bits per heavy atom. The second kappa shape index (κ2) is 8.28. The van der Waals surface area contributed by atoms with Crippen molar-refractivity contribution in [1.82, 2.24) is 4.98 Å². The molecule has 1 N–H and O–H groups in total. The lowest BCUT2D eigenvalue weighted by Gasteiger charge is -2.30. The number of carbonyl (C=O) groups excluding carboxylic acids is 2. The Kier molecular flexibility index (Phi) is 5.59. The fraction of sp³-hybridized carbons (Fsp3) is 0.350. The average Bonchev–Trinajstić information content (AvgIpc) is 3.11. The van der Waals surface area contributed by atoms with Gasteiger partial charge in [0.2, 0.25) is 11.8 Å². The van der Waals surface area contributed by atoms with Gasteiger partial charge in [0.05, 0.1) is 36.5 Å². The molecule has 7 nitrogen and oxygen atoms in total. The van der Waals surface area contributed by atoms with Crippen LogP contribution in [0.15, 0.2) is 47.2 Å². The number of nitrogens with zero attached hydrogens (tertiary/aromatic N) is 3. The number of para-hydroxylation sites is 1. The van der Waals surface area contributed by atoms with Crippen LogP contribution in [0.2, 0.25) is 0 Å². The van der Waals surface area contributed by atoms with E-state index in [1.165, 1.54) is 0 Å². The Morgan fingerprint density at radius 2 is 1.93 bits per heavy atom. The molecule has 0 saturated carbocycles. The number of aromatic nitrogens is 1. The van der Waals surface area contributed by atoms with Gasteiger partial charge < -0.3 is 19.9 Å². The summed E-state index contributed by atoms with van der Waals surface area (Å²) in [6.45, 7) is 3.33. The van der Waals surface area contributed by atoms with E-state index < -0.39 is 5.92 Å². The summed E-state index contributed by atoms with van der Waals surface area (Å²) >= 11 is 3.48. The maximum Gasteiger partial charge on any atom is 0.239 e. The van der Waals surface area contributed by atoms with Crippen LogP contribution < -0.4 is 15.1 Å². The SMILES string of the molecule is O=C(Nc1cnccc1N1CCOCC1)[C@H]1CCN(c2ccccc2Br)C1=O. The van der Waals surface area contributed by atoms with Crippen LogP contribution in [0.25, 0.3) is 0 Å². The van der Waals surface area contributed by atoms with Gasteiger partial charge in [0.15, 0.2) is 0 Å². The zero-order chi connectivity index (χ0) is 19.5. The van der Waals surface area contributed by atoms with E-state index in [1.807, 2.05) is 30.3 Å². The molecule has 0 unspecified atom stereocenters. The Labute approximate surface area is 171 Å². The number of ether oxygens (including phenoxy) is 1. The van der Waals surface area contributed by atoms with E-state index in [1.54, 1.807) is 17.3 Å². The summed E-state index contributed by atoms with van der Waals surface area (Å²) in [7, 11) is 0. The van der Waals surface area contributed by atoms with Gasteiger partial charge in [-0.05, 0) is 40.5 Å². The largest absolute Gasteiger partial charge is 0.378 e. The molecule has 2 amide bonds. The number of carbonyl (C=O) groups is 2. The number of benzene rings is 1. The van der Waals surface area contributed by atoms with Gasteiger partial charge in [0, 0.05) is 30.3 Å². The van der Waals surface area contributed by atoms with Crippen molar-refractivity contribution in [1.29, 1.82) is 0 Å². The zero-order valence-corrected chi connectivity index (χ0v) is 16.9. The van der Waals surface area contributed by atoms with Crippen LogP contribution in [0, 0.1) is 5.92 Å². The van der Waals surface area contributed by atoms with Crippen molar-refractivity contribution in [2.45, 2.75) is 6.42 Å². The molecule has 4 rings (SSSR count). The lowest BCUT2D eigenvalue weighted by atomic mass is 10.1. The molecule has 2 aliphatic rings. The summed E-state index contributed by atoms with van der Waals surface area (Å²) in [5.74, 6) is -1.17. The number of hydrogen-bond donors (Lipinski definition) is 1. The molecule has 28 heavy (non-hydrogen) atoms. The molecule has 146 valence electrons. The first-order chi connectivity index (χ1) is 13.6. The van der Waals surface area contributed by atoms with E-state index in [9.17, 15) is 9.59 Å². The van der Waals surface area contributed by atoms with Crippen LogP contribution in [-0.4, -0.2) is 49.6 Å². The first kappa shape index (κ1) is 18.9. The lowest BCUT2D eigenvalue weighted by molar-refractivity contribution is -0.129. The van der Waals surface area contributed by atoms with Crippen LogP contribution >= 0.6 is 15.9 Å². The fourth-order valence-electron chi connectivity index (χ4n) is 3.62. The van der Waals surface area contributed by atoms with Gasteiger partial charge in [-0.2, -0.15) is 0 Å². The number of amides is 2. The third-order valence-corrected chi connectivity index (χ3v) is 5.74. The molecule has 2 aliphatic heterocycles. The second-order valence-electron chi connectivity index (χ2n) is 6.76. The number of halogens is 1. The highest BCUT2D eigenvalue weighted by molar-refractivity contribution is 9.10. The van der Waals surface area contributed by atoms with E-state index in [4.69, 9.17) is 4.74 Å². The van der Waals surface area contributed by atoms with E-state index >= 15 is 0 Å². The van der Waals surface area contributed by atoms with Crippen molar-refractivity contribution < 1.29 is 14.3 Å². The molecule has 3 heterocycles. The molecule has 8 heteroatoms. The van der Waals surface area contributed by atoms with Gasteiger partial charge in [-0.25, -0.2) is 0 Å². The predicted molar refractivity (Wildman–Crippen MR) is 111 cm³/mol. The van der Waals surface area contributed by atoms with Crippen molar-refractivity contribution in [3.8, 4) is 0 Å². The Bertz CT molecular complexity index is 885. The van der Waals surface area contributed by atoms with Crippen LogP contribution in [0.5, 0.6) is 0 Å². The van der Waals surface area contributed by atoms with Crippen molar-refractivity contribution in [3.05, 3.63) is 47.2 Å². The van der Waals surface area contributed by atoms with Crippen LogP contribution in [0.1, 0.15) is 6.42 Å². The van der Waals surface area contributed by atoms with Crippen molar-refractivity contribution in [2.75, 3.05) is 48.0 Å². The number of anilines is 3. The van der Waals surface area contributed by atoms with Crippen molar-refractivity contribution in [3.63, 3.8) is 0 Å². The van der Waals surface area contributed by atoms with Crippen LogP contribution in [0.3, 0.4) is 0 Å². The molecule has 0 aliphatic carbocycles. The average molecular weight is 445 g/mol. The lowest BCUT2D eigenvalue weighted by Crippen LogP contribution is -2.37. The van der Waals surface area contributed by atoms with E-state index in [2.05, 4.69) is 31.1 Å². The maximum atomic E-state index is 12.9. The summed E-state index contributed by atoms with van der Waals surface area (Å²) in [5.41, 5.74) is 2.32. The van der Waals surface area contributed by atoms with Gasteiger partial charge in [-0.15, -0.1) is 0 Å². The van der Waals surface area contributed by atoms with Crippen molar-refractivity contribution in [2.24, 2.45) is 5.92 Å². The molecule has 2 saturated heterocycles. The number of pyridine rings is 1. The van der Waals surface area contributed by atoms with E-state index in [-0.39, 0.29) is 11.8 Å². The second-order valence-corrected chi connectivity index (χ2v) is 7.62. The summed E-state index contributed by atoms with van der Waals surface area (Å²) in [6.07, 6.45) is 3.82. The first-order valence-electron chi connectivity index (χ1n) is 9.28. The van der Waals surface area contributed by atoms with Crippen molar-refractivity contribution >= 4 is 44.8 Å². The van der Waals surface area contributed by atoms with Gasteiger partial charge in [0.25, 0.3) is 0 Å². The highest BCUT2D eigenvalue weighted by Crippen LogP contribution is 2.32. The molecular weight excluding hydrogens is 424 g/mol. The third-order valence-electron chi connectivity index (χ3n) is 5.07. The smallest absolute Gasteiger partial charge is 0.239 e. The van der Waals surface area contributed by atoms with Gasteiger partial charge in [-0.3, -0.25) is 14.6 Å². The normalized spacial score (nSPS) is 19.8. The van der Waals surface area contributed by atoms with Crippen LogP contribution in [-0.2, 0) is 14.3 Å². The summed E-state index contributed by atoms with van der Waals surface area (Å²) in [5, 5.41) is 2.92. The number of morpholine rings is 1. The molecule has 2 fully saturated rings. The Hall–Kier alpha value is -2.45. The molecule has 0 spiro atoms. The fourth-order valence-corrected chi connectivity index (χ4v) is 4.12. The zero-order valence-electron chi connectivity index (χ0n) is 15.3. The maximum absolute atomic E-state index is 12.9. The summed E-state index contributed by atoms with van der Waals surface area (Å²) < 4.78 is 6.24. The summed E-state index contributed by atoms with van der Waals surface area (Å²) in [4.78, 5) is 33.7. The highest BCUT2D eigenvalue weighted by atomic mass is 79.9. The minimum absolute atomic E-state index is 0.179. The standard InChI is InChI=1S/C20H21BrN4O3/c21-15-3-1-2-4-17(15)25-8-6-14(20(25)27)19(26)23-16-13-22-7-5-18(16)24-9-11-28-12-10-24/h1-5,7,13-14H,6,8-12H2,(H,23,26)/t14-/m1/s1. The Balaban J connectivity index is 1.49. The molecule has 0 bridgehead atoms. The molecule has 1 atom stereocenters. The first-order valence-corrected chi connectivity index (χ1v) is 10.1. The van der Waals surface area contributed by atoms with Gasteiger partial charge in [0.1, 0.15) is 5.92 Å².